The maximum absolute atomic E-state index is 11.9. The van der Waals surface area contributed by atoms with Crippen molar-refractivity contribution < 1.29 is 4.79 Å². The number of carbonyl (C=O) groups excluding carboxylic acids is 1. The van der Waals surface area contributed by atoms with Gasteiger partial charge in [-0.05, 0) is 25.7 Å². The Hall–Kier alpha value is -0.240. The molecule has 0 atom stereocenters. The van der Waals surface area contributed by atoms with Crippen LogP contribution in [0, 0.1) is 10.8 Å². The molecule has 0 fully saturated rings. The third-order valence-corrected chi connectivity index (χ3v) is 3.80. The summed E-state index contributed by atoms with van der Waals surface area (Å²) < 4.78 is 0. The molecule has 0 bridgehead atoms. The second-order valence-corrected chi connectivity index (χ2v) is 6.59. The molecule has 0 aliphatic carbocycles. The van der Waals surface area contributed by atoms with Crippen LogP contribution in [-0.4, -0.2) is 18.3 Å². The molecule has 2 nitrogen and oxygen atoms in total. The Bertz CT molecular complexity index is 236. The predicted molar refractivity (Wildman–Crippen MR) is 75.4 cm³/mol. The van der Waals surface area contributed by atoms with Gasteiger partial charge in [0, 0.05) is 12.4 Å². The number of rotatable bonds is 8. The minimum absolute atomic E-state index is 0.0519. The Morgan fingerprint density at radius 3 is 2.24 bits per heavy atom. The molecule has 0 aromatic heterocycles. The molecule has 0 aromatic carbocycles. The van der Waals surface area contributed by atoms with Crippen molar-refractivity contribution in [3.05, 3.63) is 0 Å². The molecule has 3 heteroatoms. The lowest BCUT2D eigenvalue weighted by atomic mass is 9.86. The lowest BCUT2D eigenvalue weighted by Crippen LogP contribution is -2.42. The Labute approximate surface area is 111 Å². The number of halogens is 1. The molecule has 0 unspecified atom stereocenters. The molecule has 0 aliphatic rings. The number of alkyl halides is 1. The Morgan fingerprint density at radius 1 is 1.18 bits per heavy atom. The first kappa shape index (κ1) is 16.8. The van der Waals surface area contributed by atoms with Gasteiger partial charge in [-0.2, -0.15) is 0 Å². The van der Waals surface area contributed by atoms with Crippen LogP contribution in [0.25, 0.3) is 0 Å². The number of nitrogens with one attached hydrogen (secondary N) is 1. The Balaban J connectivity index is 4.04. The van der Waals surface area contributed by atoms with E-state index in [1.54, 1.807) is 0 Å². The van der Waals surface area contributed by atoms with Gasteiger partial charge in [0.2, 0.25) is 5.91 Å². The van der Waals surface area contributed by atoms with Crippen LogP contribution in [0.1, 0.15) is 60.3 Å². The van der Waals surface area contributed by atoms with Crippen molar-refractivity contribution in [1.82, 2.24) is 5.32 Å². The van der Waals surface area contributed by atoms with Gasteiger partial charge >= 0.3 is 0 Å². The summed E-state index contributed by atoms with van der Waals surface area (Å²) in [5, 5.41) is 3.02. The van der Waals surface area contributed by atoms with E-state index in [1.807, 2.05) is 13.8 Å². The lowest BCUT2D eigenvalue weighted by Gasteiger charge is -2.28. The average Bonchev–Trinajstić information content (AvgIpc) is 2.26. The smallest absolute Gasteiger partial charge is 0.226 e. The monoisotopic (exact) mass is 261 g/mol. The molecule has 0 spiro atoms. The third-order valence-electron chi connectivity index (χ3n) is 3.13. The fraction of sp³-hybridized carbons (Fsp3) is 0.929. The summed E-state index contributed by atoms with van der Waals surface area (Å²) in [6, 6.07) is 0. The van der Waals surface area contributed by atoms with Crippen LogP contribution < -0.4 is 5.32 Å². The molecule has 0 rings (SSSR count). The Morgan fingerprint density at radius 2 is 1.76 bits per heavy atom. The van der Waals surface area contributed by atoms with E-state index in [9.17, 15) is 4.79 Å². The van der Waals surface area contributed by atoms with Crippen molar-refractivity contribution in [3.8, 4) is 0 Å². The van der Waals surface area contributed by atoms with Crippen molar-refractivity contribution in [2.45, 2.75) is 60.3 Å². The minimum Gasteiger partial charge on any atom is -0.355 e. The van der Waals surface area contributed by atoms with E-state index in [0.717, 1.165) is 13.0 Å². The number of hydrogen-bond donors (Lipinski definition) is 1. The topological polar surface area (TPSA) is 29.1 Å². The zero-order valence-corrected chi connectivity index (χ0v) is 12.8. The Kier molecular flexibility index (Phi) is 7.15. The van der Waals surface area contributed by atoms with Gasteiger partial charge in [0.1, 0.15) is 0 Å². The van der Waals surface area contributed by atoms with E-state index in [-0.39, 0.29) is 11.3 Å². The highest BCUT2D eigenvalue weighted by Crippen LogP contribution is 2.24. The standard InChI is InChI=1S/C14H28ClNO/c1-6-7-8-9-13(2,3)11-16-12(17)14(4,5)10-15/h6-11H2,1-5H3,(H,16,17). The molecule has 0 saturated heterocycles. The molecule has 0 aliphatic heterocycles. The average molecular weight is 262 g/mol. The zero-order valence-electron chi connectivity index (χ0n) is 12.0. The second-order valence-electron chi connectivity index (χ2n) is 6.32. The van der Waals surface area contributed by atoms with Crippen LogP contribution in [0.5, 0.6) is 0 Å². The quantitative estimate of drug-likeness (QED) is 0.520. The van der Waals surface area contributed by atoms with Gasteiger partial charge in [-0.25, -0.2) is 0 Å². The molecule has 0 heterocycles. The summed E-state index contributed by atoms with van der Waals surface area (Å²) in [6.45, 7) is 11.1. The summed E-state index contributed by atoms with van der Waals surface area (Å²) in [5.74, 6) is 0.408. The molecule has 102 valence electrons. The number of hydrogen-bond acceptors (Lipinski definition) is 1. The van der Waals surface area contributed by atoms with Gasteiger partial charge in [-0.3, -0.25) is 4.79 Å². The van der Waals surface area contributed by atoms with E-state index in [4.69, 9.17) is 11.6 Å². The van der Waals surface area contributed by atoms with Crippen molar-refractivity contribution in [2.24, 2.45) is 10.8 Å². The van der Waals surface area contributed by atoms with Gasteiger partial charge in [0.15, 0.2) is 0 Å². The molecule has 1 N–H and O–H groups in total. The van der Waals surface area contributed by atoms with Crippen molar-refractivity contribution in [3.63, 3.8) is 0 Å². The highest BCUT2D eigenvalue weighted by atomic mass is 35.5. The van der Waals surface area contributed by atoms with Crippen LogP contribution >= 0.6 is 11.6 Å². The second kappa shape index (κ2) is 7.25. The molecular formula is C14H28ClNO. The summed E-state index contributed by atoms with van der Waals surface area (Å²) in [4.78, 5) is 11.9. The first-order valence-corrected chi connectivity index (χ1v) is 7.13. The summed E-state index contributed by atoms with van der Waals surface area (Å²) in [7, 11) is 0. The largest absolute Gasteiger partial charge is 0.355 e. The van der Waals surface area contributed by atoms with E-state index < -0.39 is 5.41 Å². The molecule has 0 saturated carbocycles. The molecule has 0 aromatic rings. The van der Waals surface area contributed by atoms with Crippen molar-refractivity contribution >= 4 is 17.5 Å². The SMILES string of the molecule is CCCCCC(C)(C)CNC(=O)C(C)(C)CCl. The summed E-state index contributed by atoms with van der Waals surface area (Å²) in [5.41, 5.74) is -0.297. The summed E-state index contributed by atoms with van der Waals surface area (Å²) >= 11 is 5.78. The summed E-state index contributed by atoms with van der Waals surface area (Å²) in [6.07, 6.45) is 4.90. The van der Waals surface area contributed by atoms with Gasteiger partial charge in [-0.15, -0.1) is 11.6 Å². The fourth-order valence-electron chi connectivity index (χ4n) is 1.56. The molecule has 0 radical (unpaired) electrons. The predicted octanol–water partition coefficient (Wildman–Crippen LogP) is 3.97. The van der Waals surface area contributed by atoms with Crippen molar-refractivity contribution in [1.29, 1.82) is 0 Å². The molecule has 17 heavy (non-hydrogen) atoms. The minimum atomic E-state index is -0.471. The number of unbranched alkanes of at least 4 members (excludes halogenated alkanes) is 2. The van der Waals surface area contributed by atoms with Gasteiger partial charge in [0.25, 0.3) is 0 Å². The normalized spacial score (nSPS) is 12.6. The van der Waals surface area contributed by atoms with Crippen LogP contribution in [0.3, 0.4) is 0 Å². The maximum atomic E-state index is 11.9. The fourth-order valence-corrected chi connectivity index (χ4v) is 1.68. The number of carbonyl (C=O) groups is 1. The lowest BCUT2D eigenvalue weighted by molar-refractivity contribution is -0.128. The van der Waals surface area contributed by atoms with E-state index in [0.29, 0.717) is 5.88 Å². The number of amides is 1. The first-order valence-electron chi connectivity index (χ1n) is 6.59. The highest BCUT2D eigenvalue weighted by molar-refractivity contribution is 6.19. The molecular weight excluding hydrogens is 234 g/mol. The van der Waals surface area contributed by atoms with E-state index in [1.165, 1.54) is 19.3 Å². The molecule has 1 amide bonds. The van der Waals surface area contributed by atoms with Gasteiger partial charge < -0.3 is 5.32 Å². The first-order chi connectivity index (χ1) is 7.75. The maximum Gasteiger partial charge on any atom is 0.226 e. The van der Waals surface area contributed by atoms with Gasteiger partial charge in [-0.1, -0.05) is 40.0 Å². The van der Waals surface area contributed by atoms with Crippen molar-refractivity contribution in [2.75, 3.05) is 12.4 Å². The zero-order chi connectivity index (χ0) is 13.5. The van der Waals surface area contributed by atoms with Crippen LogP contribution in [0.15, 0.2) is 0 Å². The van der Waals surface area contributed by atoms with Gasteiger partial charge in [0.05, 0.1) is 5.41 Å². The highest BCUT2D eigenvalue weighted by Gasteiger charge is 2.28. The van der Waals surface area contributed by atoms with Crippen LogP contribution in [0.2, 0.25) is 0 Å². The van der Waals surface area contributed by atoms with Crippen LogP contribution in [0.4, 0.5) is 0 Å². The van der Waals surface area contributed by atoms with E-state index >= 15 is 0 Å². The van der Waals surface area contributed by atoms with E-state index in [2.05, 4.69) is 26.1 Å². The van der Waals surface area contributed by atoms with Crippen LogP contribution in [-0.2, 0) is 4.79 Å². The third kappa shape index (κ3) is 6.92.